The standard InChI is InChI=1S/C12H19N3O2S/c13-12-3-8-15(9-4-12)18(16,17)10-5-11-1-6-14-7-2-11/h1-2,6-7,12H,3-5,8-10,13H2. The van der Waals surface area contributed by atoms with Crippen molar-refractivity contribution in [2.45, 2.75) is 25.3 Å². The van der Waals surface area contributed by atoms with E-state index in [1.807, 2.05) is 12.1 Å². The van der Waals surface area contributed by atoms with Crippen LogP contribution >= 0.6 is 0 Å². The second kappa shape index (κ2) is 5.77. The Bertz CT molecular complexity index is 467. The Labute approximate surface area is 108 Å². The maximum absolute atomic E-state index is 12.1. The molecule has 2 rings (SSSR count). The van der Waals surface area contributed by atoms with E-state index in [4.69, 9.17) is 5.73 Å². The van der Waals surface area contributed by atoms with Gasteiger partial charge in [0.25, 0.3) is 0 Å². The molecule has 2 heterocycles. The number of sulfonamides is 1. The smallest absolute Gasteiger partial charge is 0.214 e. The lowest BCUT2D eigenvalue weighted by molar-refractivity contribution is 0.320. The van der Waals surface area contributed by atoms with E-state index < -0.39 is 10.0 Å². The van der Waals surface area contributed by atoms with Crippen LogP contribution in [-0.2, 0) is 16.4 Å². The summed E-state index contributed by atoms with van der Waals surface area (Å²) in [4.78, 5) is 3.91. The molecule has 18 heavy (non-hydrogen) atoms. The molecule has 5 nitrogen and oxygen atoms in total. The molecule has 0 saturated carbocycles. The van der Waals surface area contributed by atoms with Crippen LogP contribution in [0.1, 0.15) is 18.4 Å². The van der Waals surface area contributed by atoms with Gasteiger partial charge >= 0.3 is 0 Å². The lowest BCUT2D eigenvalue weighted by atomic mass is 10.1. The Hall–Kier alpha value is -0.980. The fourth-order valence-electron chi connectivity index (χ4n) is 2.08. The van der Waals surface area contributed by atoms with Crippen LogP contribution in [0.3, 0.4) is 0 Å². The zero-order valence-corrected chi connectivity index (χ0v) is 11.1. The summed E-state index contributed by atoms with van der Waals surface area (Å²) >= 11 is 0. The van der Waals surface area contributed by atoms with E-state index in [1.54, 1.807) is 16.7 Å². The first-order valence-corrected chi connectivity index (χ1v) is 7.81. The first-order chi connectivity index (χ1) is 8.58. The van der Waals surface area contributed by atoms with Gasteiger partial charge in [0.15, 0.2) is 0 Å². The van der Waals surface area contributed by atoms with Crippen molar-refractivity contribution in [2.24, 2.45) is 5.73 Å². The van der Waals surface area contributed by atoms with Crippen LogP contribution < -0.4 is 5.73 Å². The van der Waals surface area contributed by atoms with Gasteiger partial charge in [0.05, 0.1) is 5.75 Å². The number of rotatable bonds is 4. The number of nitrogens with two attached hydrogens (primary N) is 1. The third-order valence-corrected chi connectivity index (χ3v) is 5.16. The zero-order valence-electron chi connectivity index (χ0n) is 10.3. The minimum absolute atomic E-state index is 0.150. The van der Waals surface area contributed by atoms with Gasteiger partial charge in [-0.2, -0.15) is 0 Å². The van der Waals surface area contributed by atoms with E-state index in [0.29, 0.717) is 19.5 Å². The normalized spacial score (nSPS) is 18.9. The van der Waals surface area contributed by atoms with Crippen molar-refractivity contribution in [1.29, 1.82) is 0 Å². The highest BCUT2D eigenvalue weighted by atomic mass is 32.2. The summed E-state index contributed by atoms with van der Waals surface area (Å²) in [5.41, 5.74) is 6.78. The lowest BCUT2D eigenvalue weighted by Crippen LogP contribution is -2.43. The van der Waals surface area contributed by atoms with Crippen molar-refractivity contribution >= 4 is 10.0 Å². The summed E-state index contributed by atoms with van der Waals surface area (Å²) in [5.74, 6) is 0.159. The van der Waals surface area contributed by atoms with Gasteiger partial charge in [-0.05, 0) is 37.0 Å². The number of hydrogen-bond acceptors (Lipinski definition) is 4. The van der Waals surface area contributed by atoms with Crippen LogP contribution in [0.15, 0.2) is 24.5 Å². The fraction of sp³-hybridized carbons (Fsp3) is 0.583. The zero-order chi connectivity index (χ0) is 13.0. The molecule has 1 aromatic heterocycles. The SMILES string of the molecule is NC1CCN(S(=O)(=O)CCc2ccncc2)CC1. The number of aromatic nitrogens is 1. The Balaban J connectivity index is 1.91. The molecule has 0 aliphatic carbocycles. The Kier molecular flexibility index (Phi) is 4.31. The maximum atomic E-state index is 12.1. The molecule has 0 bridgehead atoms. The quantitative estimate of drug-likeness (QED) is 0.857. The molecular weight excluding hydrogens is 250 g/mol. The number of hydrogen-bond donors (Lipinski definition) is 1. The van der Waals surface area contributed by atoms with Gasteiger partial charge in [0.2, 0.25) is 10.0 Å². The molecule has 0 aromatic carbocycles. The molecule has 1 saturated heterocycles. The van der Waals surface area contributed by atoms with E-state index in [1.165, 1.54) is 0 Å². The third-order valence-electron chi connectivity index (χ3n) is 3.29. The molecular formula is C12H19N3O2S. The molecule has 1 aromatic rings. The predicted octanol–water partition coefficient (Wildman–Crippen LogP) is 0.377. The van der Waals surface area contributed by atoms with Gasteiger partial charge < -0.3 is 5.73 Å². The summed E-state index contributed by atoms with van der Waals surface area (Å²) < 4.78 is 25.8. The highest BCUT2D eigenvalue weighted by molar-refractivity contribution is 7.89. The number of nitrogens with zero attached hydrogens (tertiary/aromatic N) is 2. The van der Waals surface area contributed by atoms with Crippen molar-refractivity contribution in [3.8, 4) is 0 Å². The molecule has 6 heteroatoms. The van der Waals surface area contributed by atoms with Crippen LogP contribution in [-0.4, -0.2) is 42.6 Å². The van der Waals surface area contributed by atoms with E-state index in [-0.39, 0.29) is 11.8 Å². The van der Waals surface area contributed by atoms with E-state index >= 15 is 0 Å². The van der Waals surface area contributed by atoms with Crippen molar-refractivity contribution in [1.82, 2.24) is 9.29 Å². The molecule has 0 atom stereocenters. The van der Waals surface area contributed by atoms with Crippen LogP contribution in [0.4, 0.5) is 0 Å². The lowest BCUT2D eigenvalue weighted by Gasteiger charge is -2.29. The number of pyridine rings is 1. The maximum Gasteiger partial charge on any atom is 0.214 e. The van der Waals surface area contributed by atoms with Crippen LogP contribution in [0.2, 0.25) is 0 Å². The van der Waals surface area contributed by atoms with Gasteiger partial charge in [0, 0.05) is 31.5 Å². The highest BCUT2D eigenvalue weighted by Gasteiger charge is 2.26. The topological polar surface area (TPSA) is 76.3 Å². The second-order valence-electron chi connectivity index (χ2n) is 4.66. The monoisotopic (exact) mass is 269 g/mol. The van der Waals surface area contributed by atoms with Gasteiger partial charge in [0.1, 0.15) is 0 Å². The summed E-state index contributed by atoms with van der Waals surface area (Å²) in [6.45, 7) is 1.11. The van der Waals surface area contributed by atoms with E-state index in [9.17, 15) is 8.42 Å². The Morgan fingerprint density at radius 2 is 1.89 bits per heavy atom. The molecule has 1 aliphatic rings. The van der Waals surface area contributed by atoms with Gasteiger partial charge in [-0.25, -0.2) is 12.7 Å². The molecule has 1 aliphatic heterocycles. The molecule has 100 valence electrons. The van der Waals surface area contributed by atoms with E-state index in [2.05, 4.69) is 4.98 Å². The Morgan fingerprint density at radius 1 is 1.28 bits per heavy atom. The van der Waals surface area contributed by atoms with Gasteiger partial charge in [-0.1, -0.05) is 0 Å². The molecule has 0 radical (unpaired) electrons. The number of piperidine rings is 1. The van der Waals surface area contributed by atoms with Crippen molar-refractivity contribution in [3.63, 3.8) is 0 Å². The van der Waals surface area contributed by atoms with Crippen LogP contribution in [0.5, 0.6) is 0 Å². The van der Waals surface area contributed by atoms with Crippen molar-refractivity contribution < 1.29 is 8.42 Å². The van der Waals surface area contributed by atoms with Gasteiger partial charge in [-0.15, -0.1) is 0 Å². The van der Waals surface area contributed by atoms with Crippen molar-refractivity contribution in [2.75, 3.05) is 18.8 Å². The molecule has 0 spiro atoms. The van der Waals surface area contributed by atoms with Gasteiger partial charge in [-0.3, -0.25) is 4.98 Å². The molecule has 0 amide bonds. The summed E-state index contributed by atoms with van der Waals surface area (Å²) in [6.07, 6.45) is 5.42. The third kappa shape index (κ3) is 3.51. The van der Waals surface area contributed by atoms with Crippen LogP contribution in [0.25, 0.3) is 0 Å². The van der Waals surface area contributed by atoms with E-state index in [0.717, 1.165) is 18.4 Å². The summed E-state index contributed by atoms with van der Waals surface area (Å²) in [6, 6.07) is 3.85. The number of aryl methyl sites for hydroxylation is 1. The molecule has 2 N–H and O–H groups in total. The predicted molar refractivity (Wildman–Crippen MR) is 70.5 cm³/mol. The second-order valence-corrected chi connectivity index (χ2v) is 6.75. The first-order valence-electron chi connectivity index (χ1n) is 6.20. The minimum Gasteiger partial charge on any atom is -0.328 e. The first kappa shape index (κ1) is 13.5. The summed E-state index contributed by atoms with van der Waals surface area (Å²) in [7, 11) is -3.15. The molecule has 0 unspecified atom stereocenters. The average molecular weight is 269 g/mol. The average Bonchev–Trinajstić information content (AvgIpc) is 2.38. The fourth-order valence-corrected chi connectivity index (χ4v) is 3.60. The highest BCUT2D eigenvalue weighted by Crippen LogP contribution is 2.14. The minimum atomic E-state index is -3.15. The Morgan fingerprint density at radius 3 is 2.50 bits per heavy atom. The largest absolute Gasteiger partial charge is 0.328 e. The van der Waals surface area contributed by atoms with Crippen molar-refractivity contribution in [3.05, 3.63) is 30.1 Å². The molecule has 1 fully saturated rings. The van der Waals surface area contributed by atoms with Crippen LogP contribution in [0, 0.1) is 0 Å². The summed E-state index contributed by atoms with van der Waals surface area (Å²) in [5, 5.41) is 0.